The van der Waals surface area contributed by atoms with Crippen molar-refractivity contribution in [2.45, 2.75) is 46.6 Å². The minimum Gasteiger partial charge on any atom is -0.507 e. The molecule has 1 aliphatic carbocycles. The van der Waals surface area contributed by atoms with Gasteiger partial charge in [-0.05, 0) is 63.4 Å². The number of fused-ring (bicyclic) bond motifs is 3. The Morgan fingerprint density at radius 3 is 2.44 bits per heavy atom. The summed E-state index contributed by atoms with van der Waals surface area (Å²) in [5, 5.41) is 13.7. The normalized spacial score (nSPS) is 19.1. The van der Waals surface area contributed by atoms with Gasteiger partial charge >= 0.3 is 0 Å². The number of rotatable bonds is 7. The number of ketones is 3. The van der Waals surface area contributed by atoms with E-state index in [1.807, 2.05) is 26.0 Å². The van der Waals surface area contributed by atoms with Crippen LogP contribution in [0.2, 0.25) is 0 Å². The van der Waals surface area contributed by atoms with E-state index in [0.717, 1.165) is 29.7 Å². The van der Waals surface area contributed by atoms with Crippen molar-refractivity contribution in [3.8, 4) is 34.8 Å². The highest BCUT2D eigenvalue weighted by atomic mass is 16.5. The third kappa shape index (κ3) is 4.52. The number of hydrogen-bond donors (Lipinski definition) is 2. The minimum atomic E-state index is -1.63. The van der Waals surface area contributed by atoms with E-state index in [1.54, 1.807) is 6.92 Å². The van der Waals surface area contributed by atoms with Crippen molar-refractivity contribution in [3.63, 3.8) is 0 Å². The maximum atomic E-state index is 13.5. The Labute approximate surface area is 226 Å². The van der Waals surface area contributed by atoms with E-state index in [0.29, 0.717) is 5.75 Å². The summed E-state index contributed by atoms with van der Waals surface area (Å²) in [6.07, 6.45) is 1.09. The molecule has 39 heavy (non-hydrogen) atoms. The van der Waals surface area contributed by atoms with Gasteiger partial charge in [0.1, 0.15) is 52.3 Å². The van der Waals surface area contributed by atoms with Crippen LogP contribution in [-0.2, 0) is 26.3 Å². The van der Waals surface area contributed by atoms with Crippen LogP contribution in [0.5, 0.6) is 23.0 Å². The third-order valence-corrected chi connectivity index (χ3v) is 7.18. The number of aromatic hydroxyl groups is 1. The second-order valence-electron chi connectivity index (χ2n) is 9.66. The predicted molar refractivity (Wildman–Crippen MR) is 141 cm³/mol. The van der Waals surface area contributed by atoms with Gasteiger partial charge in [-0.15, -0.1) is 5.92 Å². The molecule has 9 nitrogen and oxygen atoms in total. The van der Waals surface area contributed by atoms with Gasteiger partial charge in [0, 0.05) is 18.7 Å². The van der Waals surface area contributed by atoms with Crippen molar-refractivity contribution >= 4 is 23.3 Å². The zero-order chi connectivity index (χ0) is 28.6. The fourth-order valence-electron chi connectivity index (χ4n) is 5.12. The fourth-order valence-corrected chi connectivity index (χ4v) is 5.12. The quantitative estimate of drug-likeness (QED) is 0.412. The van der Waals surface area contributed by atoms with E-state index in [-0.39, 0.29) is 47.3 Å². The first-order valence-corrected chi connectivity index (χ1v) is 12.3. The number of allylic oxidation sites excluding steroid dienone is 2. The maximum absolute atomic E-state index is 13.5. The summed E-state index contributed by atoms with van der Waals surface area (Å²) in [6.45, 7) is 8.60. The Kier molecular flexibility index (Phi) is 7.25. The van der Waals surface area contributed by atoms with Crippen molar-refractivity contribution in [1.29, 1.82) is 0 Å². The molecule has 202 valence electrons. The number of phenols is 1. The Hall–Kier alpha value is -4.58. The standard InChI is InChI=1S/C30H29NO8/c1-7-8-9-38-18-10-15(2)19(16(3)11-18)14-31-29(36)25-22(37-6)12-21(34)26-27(25)39-23-13-20(33)24(17(4)32)28(35)30(23,26)5/h10-13,24,34H,9,14H2,1-6H3,(H,31,36)/t24?,30-/m1/s1. The second-order valence-corrected chi connectivity index (χ2v) is 9.66. The molecule has 9 heteroatoms. The van der Waals surface area contributed by atoms with Gasteiger partial charge in [0.05, 0.1) is 12.7 Å². The molecular formula is C30H29NO8. The molecule has 0 saturated heterocycles. The Balaban J connectivity index is 1.70. The largest absolute Gasteiger partial charge is 0.507 e. The number of ether oxygens (including phenoxy) is 3. The molecule has 2 N–H and O–H groups in total. The van der Waals surface area contributed by atoms with Gasteiger partial charge in [0.15, 0.2) is 17.3 Å². The summed E-state index contributed by atoms with van der Waals surface area (Å²) in [4.78, 5) is 51.6. The Morgan fingerprint density at radius 1 is 1.18 bits per heavy atom. The van der Waals surface area contributed by atoms with E-state index < -0.39 is 34.6 Å². The average Bonchev–Trinajstić information content (AvgIpc) is 3.16. The smallest absolute Gasteiger partial charge is 0.259 e. The average molecular weight is 532 g/mol. The number of carbonyl (C=O) groups excluding carboxylic acids is 4. The van der Waals surface area contributed by atoms with E-state index in [9.17, 15) is 24.3 Å². The van der Waals surface area contributed by atoms with Crippen LogP contribution in [0.4, 0.5) is 0 Å². The summed E-state index contributed by atoms with van der Waals surface area (Å²) < 4.78 is 16.9. The van der Waals surface area contributed by atoms with Crippen LogP contribution < -0.4 is 19.5 Å². The molecule has 1 aliphatic heterocycles. The maximum Gasteiger partial charge on any atom is 0.259 e. The Bertz CT molecular complexity index is 1500. The van der Waals surface area contributed by atoms with Crippen LogP contribution >= 0.6 is 0 Å². The van der Waals surface area contributed by atoms with Gasteiger partial charge < -0.3 is 24.6 Å². The number of Topliss-reactive ketones (excluding diaryl/α,β-unsaturated/α-hetero) is 2. The lowest BCUT2D eigenvalue weighted by atomic mass is 9.67. The highest BCUT2D eigenvalue weighted by Crippen LogP contribution is 2.56. The summed E-state index contributed by atoms with van der Waals surface area (Å²) in [7, 11) is 1.33. The molecule has 1 unspecified atom stereocenters. The predicted octanol–water partition coefficient (Wildman–Crippen LogP) is 3.24. The number of carbonyl (C=O) groups is 4. The number of benzene rings is 2. The molecule has 1 heterocycles. The number of aryl methyl sites for hydroxylation is 2. The third-order valence-electron chi connectivity index (χ3n) is 7.18. The van der Waals surface area contributed by atoms with E-state index in [1.165, 1.54) is 20.1 Å². The SMILES string of the molecule is CC#CCOc1cc(C)c(CNC(=O)c2c(OC)cc(O)c3c2OC2=CC(=O)C(C(C)=O)C(=O)[C@]23C)c(C)c1. The molecule has 0 fully saturated rings. The molecule has 0 spiro atoms. The van der Waals surface area contributed by atoms with E-state index >= 15 is 0 Å². The molecule has 4 rings (SSSR count). The molecule has 0 saturated carbocycles. The Morgan fingerprint density at radius 2 is 1.85 bits per heavy atom. The molecule has 2 atom stereocenters. The summed E-state index contributed by atoms with van der Waals surface area (Å²) in [5.74, 6) is 1.66. The van der Waals surface area contributed by atoms with Gasteiger partial charge in [-0.25, -0.2) is 0 Å². The van der Waals surface area contributed by atoms with Gasteiger partial charge in [-0.1, -0.05) is 5.92 Å². The van der Waals surface area contributed by atoms with Crippen molar-refractivity contribution in [3.05, 3.63) is 57.9 Å². The fraction of sp³-hybridized carbons (Fsp3) is 0.333. The van der Waals surface area contributed by atoms with E-state index in [4.69, 9.17) is 14.2 Å². The molecule has 2 aromatic carbocycles. The first kappa shape index (κ1) is 27.5. The van der Waals surface area contributed by atoms with Crippen molar-refractivity contribution in [1.82, 2.24) is 5.32 Å². The highest BCUT2D eigenvalue weighted by molar-refractivity contribution is 6.27. The van der Waals surface area contributed by atoms with Crippen molar-refractivity contribution in [2.24, 2.45) is 5.92 Å². The lowest BCUT2D eigenvalue weighted by Gasteiger charge is -2.30. The van der Waals surface area contributed by atoms with Crippen LogP contribution in [0.15, 0.2) is 30.0 Å². The van der Waals surface area contributed by atoms with Gasteiger partial charge in [0.2, 0.25) is 0 Å². The molecule has 0 bridgehead atoms. The summed E-state index contributed by atoms with van der Waals surface area (Å²) in [6, 6.07) is 4.94. The molecule has 0 radical (unpaired) electrons. The lowest BCUT2D eigenvalue weighted by Crippen LogP contribution is -2.47. The highest BCUT2D eigenvalue weighted by Gasteiger charge is 2.58. The monoisotopic (exact) mass is 531 g/mol. The van der Waals surface area contributed by atoms with Crippen molar-refractivity contribution in [2.75, 3.05) is 13.7 Å². The first-order chi connectivity index (χ1) is 18.4. The van der Waals surface area contributed by atoms with Crippen LogP contribution in [0.1, 0.15) is 53.4 Å². The first-order valence-electron chi connectivity index (χ1n) is 12.3. The van der Waals surface area contributed by atoms with Crippen LogP contribution in [0.3, 0.4) is 0 Å². The molecular weight excluding hydrogens is 502 g/mol. The zero-order valence-corrected chi connectivity index (χ0v) is 22.6. The van der Waals surface area contributed by atoms with Gasteiger partial charge in [0.25, 0.3) is 5.91 Å². The molecule has 2 aliphatic rings. The number of phenolic OH excluding ortho intramolecular Hbond substituents is 1. The number of nitrogens with one attached hydrogen (secondary N) is 1. The summed E-state index contributed by atoms with van der Waals surface area (Å²) >= 11 is 0. The van der Waals surface area contributed by atoms with Crippen molar-refractivity contribution < 1.29 is 38.5 Å². The molecule has 1 amide bonds. The lowest BCUT2D eigenvalue weighted by molar-refractivity contribution is -0.140. The number of hydrogen-bond acceptors (Lipinski definition) is 8. The molecule has 2 aromatic rings. The number of amides is 1. The van der Waals surface area contributed by atoms with E-state index in [2.05, 4.69) is 17.2 Å². The minimum absolute atomic E-state index is 0.00694. The van der Waals surface area contributed by atoms with Crippen LogP contribution in [0, 0.1) is 31.6 Å². The number of methoxy groups -OCH3 is 1. The zero-order valence-electron chi connectivity index (χ0n) is 22.6. The van der Waals surface area contributed by atoms with Gasteiger partial charge in [-0.3, -0.25) is 19.2 Å². The molecule has 0 aromatic heterocycles. The topological polar surface area (TPSA) is 128 Å². The summed E-state index contributed by atoms with van der Waals surface area (Å²) in [5.41, 5.74) is 1.01. The second kappa shape index (κ2) is 10.3. The van der Waals surface area contributed by atoms with Crippen LogP contribution in [0.25, 0.3) is 0 Å². The van der Waals surface area contributed by atoms with Gasteiger partial charge in [-0.2, -0.15) is 0 Å². The van der Waals surface area contributed by atoms with Crippen LogP contribution in [-0.4, -0.2) is 42.1 Å².